The molecule has 0 radical (unpaired) electrons. The van der Waals surface area contributed by atoms with Gasteiger partial charge in [0.1, 0.15) is 5.82 Å². The minimum Gasteiger partial charge on any atom is -0.336 e. The molecule has 0 aromatic heterocycles. The van der Waals surface area contributed by atoms with Gasteiger partial charge in [-0.15, -0.1) is 0 Å². The van der Waals surface area contributed by atoms with Crippen molar-refractivity contribution in [1.29, 1.82) is 0 Å². The van der Waals surface area contributed by atoms with E-state index in [9.17, 15) is 9.18 Å². The molecule has 2 aromatic rings. The lowest BCUT2D eigenvalue weighted by molar-refractivity contribution is 0.0628. The molecule has 0 bridgehead atoms. The first-order valence-electron chi connectivity index (χ1n) is 8.21. The van der Waals surface area contributed by atoms with Crippen LogP contribution in [0.25, 0.3) is 0 Å². The summed E-state index contributed by atoms with van der Waals surface area (Å²) in [4.78, 5) is 16.7. The molecule has 1 fully saturated rings. The van der Waals surface area contributed by atoms with Gasteiger partial charge in [-0.25, -0.2) is 4.39 Å². The largest absolute Gasteiger partial charge is 0.336 e. The Morgan fingerprint density at radius 3 is 2.33 bits per heavy atom. The molecular weight excluding hydrogens is 305 g/mol. The molecule has 0 unspecified atom stereocenters. The molecule has 2 aromatic carbocycles. The maximum atomic E-state index is 13.3. The number of halogens is 1. The van der Waals surface area contributed by atoms with Gasteiger partial charge in [-0.2, -0.15) is 0 Å². The summed E-state index contributed by atoms with van der Waals surface area (Å²) in [5, 5.41) is 0. The highest BCUT2D eigenvalue weighted by molar-refractivity contribution is 5.94. The van der Waals surface area contributed by atoms with Crippen LogP contribution >= 0.6 is 0 Å². The monoisotopic (exact) mass is 327 g/mol. The van der Waals surface area contributed by atoms with E-state index in [1.807, 2.05) is 35.2 Å². The van der Waals surface area contributed by atoms with Crippen molar-refractivity contribution in [2.45, 2.75) is 13.1 Å². The van der Waals surface area contributed by atoms with Crippen LogP contribution in [0.4, 0.5) is 4.39 Å². The number of hydrogen-bond acceptors (Lipinski definition) is 3. The lowest BCUT2D eigenvalue weighted by Gasteiger charge is -2.34. The minimum atomic E-state index is -0.206. The van der Waals surface area contributed by atoms with Gasteiger partial charge in [-0.05, 0) is 35.4 Å². The van der Waals surface area contributed by atoms with Crippen LogP contribution in [-0.4, -0.2) is 41.9 Å². The Bertz CT molecular complexity index is 694. The van der Waals surface area contributed by atoms with Crippen LogP contribution < -0.4 is 5.73 Å². The lowest BCUT2D eigenvalue weighted by Crippen LogP contribution is -2.48. The first-order valence-corrected chi connectivity index (χ1v) is 8.21. The number of nitrogens with zero attached hydrogens (tertiary/aromatic N) is 2. The van der Waals surface area contributed by atoms with Crippen LogP contribution in [0.3, 0.4) is 0 Å². The molecule has 0 aliphatic carbocycles. The van der Waals surface area contributed by atoms with Gasteiger partial charge in [-0.3, -0.25) is 9.69 Å². The van der Waals surface area contributed by atoms with E-state index in [0.717, 1.165) is 24.2 Å². The van der Waals surface area contributed by atoms with Crippen molar-refractivity contribution in [1.82, 2.24) is 9.80 Å². The first kappa shape index (κ1) is 16.6. The molecule has 1 saturated heterocycles. The van der Waals surface area contributed by atoms with Crippen LogP contribution in [0, 0.1) is 5.82 Å². The van der Waals surface area contributed by atoms with Crippen LogP contribution in [0.5, 0.6) is 0 Å². The predicted octanol–water partition coefficient (Wildman–Crippen LogP) is 2.24. The number of carbonyl (C=O) groups is 1. The second-order valence-electron chi connectivity index (χ2n) is 6.10. The molecule has 3 rings (SSSR count). The van der Waals surface area contributed by atoms with Gasteiger partial charge < -0.3 is 10.6 Å². The predicted molar refractivity (Wildman–Crippen MR) is 91.9 cm³/mol. The van der Waals surface area contributed by atoms with Crippen molar-refractivity contribution in [3.63, 3.8) is 0 Å². The Labute approximate surface area is 141 Å². The summed E-state index contributed by atoms with van der Waals surface area (Å²) in [6.45, 7) is 4.16. The van der Waals surface area contributed by atoms with Crippen molar-refractivity contribution < 1.29 is 9.18 Å². The van der Waals surface area contributed by atoms with Gasteiger partial charge in [0, 0.05) is 44.8 Å². The summed E-state index contributed by atoms with van der Waals surface area (Å²) in [7, 11) is 0. The number of amides is 1. The summed E-state index contributed by atoms with van der Waals surface area (Å²) in [6.07, 6.45) is 0. The third-order valence-electron chi connectivity index (χ3n) is 4.39. The number of benzene rings is 2. The van der Waals surface area contributed by atoms with Crippen molar-refractivity contribution in [2.24, 2.45) is 5.73 Å². The SMILES string of the molecule is NCc1ccc(C(=O)N2CCN(Cc3cccc(F)c3)CC2)cc1. The third-order valence-corrected chi connectivity index (χ3v) is 4.39. The van der Waals surface area contributed by atoms with E-state index < -0.39 is 0 Å². The number of rotatable bonds is 4. The smallest absolute Gasteiger partial charge is 0.253 e. The van der Waals surface area contributed by atoms with Gasteiger partial charge in [0.05, 0.1) is 0 Å². The summed E-state index contributed by atoms with van der Waals surface area (Å²) < 4.78 is 13.3. The molecular formula is C19H22FN3O. The summed E-state index contributed by atoms with van der Waals surface area (Å²) in [5.41, 5.74) is 8.27. The van der Waals surface area contributed by atoms with Crippen molar-refractivity contribution in [3.8, 4) is 0 Å². The topological polar surface area (TPSA) is 49.6 Å². The average Bonchev–Trinajstić information content (AvgIpc) is 2.62. The highest BCUT2D eigenvalue weighted by Gasteiger charge is 2.22. The maximum absolute atomic E-state index is 13.3. The fraction of sp³-hybridized carbons (Fsp3) is 0.316. The average molecular weight is 327 g/mol. The first-order chi connectivity index (χ1) is 11.7. The molecule has 0 spiro atoms. The zero-order valence-corrected chi connectivity index (χ0v) is 13.6. The standard InChI is InChI=1S/C19H22FN3O/c20-18-3-1-2-16(12-18)14-22-8-10-23(11-9-22)19(24)17-6-4-15(13-21)5-7-17/h1-7,12H,8-11,13-14,21H2. The Balaban J connectivity index is 1.55. The van der Waals surface area contributed by atoms with Crippen LogP contribution in [0.2, 0.25) is 0 Å². The van der Waals surface area contributed by atoms with Gasteiger partial charge in [0.25, 0.3) is 5.91 Å². The molecule has 5 heteroatoms. The molecule has 24 heavy (non-hydrogen) atoms. The Morgan fingerprint density at radius 1 is 1.00 bits per heavy atom. The summed E-state index contributed by atoms with van der Waals surface area (Å²) in [5.74, 6) is -0.147. The van der Waals surface area contributed by atoms with E-state index in [1.165, 1.54) is 6.07 Å². The van der Waals surface area contributed by atoms with Gasteiger partial charge >= 0.3 is 0 Å². The van der Waals surface area contributed by atoms with Gasteiger partial charge in [0.2, 0.25) is 0 Å². The normalized spacial score (nSPS) is 15.5. The van der Waals surface area contributed by atoms with Crippen LogP contribution in [0.1, 0.15) is 21.5 Å². The van der Waals surface area contributed by atoms with Crippen molar-refractivity contribution in [2.75, 3.05) is 26.2 Å². The van der Waals surface area contributed by atoms with E-state index in [2.05, 4.69) is 4.90 Å². The van der Waals surface area contributed by atoms with Gasteiger partial charge in [-0.1, -0.05) is 24.3 Å². The molecule has 126 valence electrons. The highest BCUT2D eigenvalue weighted by atomic mass is 19.1. The Morgan fingerprint density at radius 2 is 1.71 bits per heavy atom. The second-order valence-corrected chi connectivity index (χ2v) is 6.10. The van der Waals surface area contributed by atoms with E-state index in [4.69, 9.17) is 5.73 Å². The molecule has 2 N–H and O–H groups in total. The number of piperazine rings is 1. The molecule has 0 atom stereocenters. The minimum absolute atomic E-state index is 0.0592. The maximum Gasteiger partial charge on any atom is 0.253 e. The fourth-order valence-corrected chi connectivity index (χ4v) is 2.97. The molecule has 1 aliphatic heterocycles. The van der Waals surface area contributed by atoms with Crippen LogP contribution in [-0.2, 0) is 13.1 Å². The van der Waals surface area contributed by atoms with Gasteiger partial charge in [0.15, 0.2) is 0 Å². The van der Waals surface area contributed by atoms with Crippen molar-refractivity contribution in [3.05, 3.63) is 71.0 Å². The number of carbonyl (C=O) groups excluding carboxylic acids is 1. The fourth-order valence-electron chi connectivity index (χ4n) is 2.97. The molecule has 0 saturated carbocycles. The second kappa shape index (κ2) is 7.55. The Kier molecular flexibility index (Phi) is 5.23. The molecule has 1 aliphatic rings. The zero-order valence-electron chi connectivity index (χ0n) is 13.6. The number of hydrogen-bond donors (Lipinski definition) is 1. The summed E-state index contributed by atoms with van der Waals surface area (Å²) >= 11 is 0. The third kappa shape index (κ3) is 3.99. The summed E-state index contributed by atoms with van der Waals surface area (Å²) in [6, 6.07) is 14.1. The van der Waals surface area contributed by atoms with E-state index in [0.29, 0.717) is 31.7 Å². The Hall–Kier alpha value is -2.24. The lowest BCUT2D eigenvalue weighted by atomic mass is 10.1. The molecule has 1 amide bonds. The quantitative estimate of drug-likeness (QED) is 0.937. The van der Waals surface area contributed by atoms with Crippen LogP contribution in [0.15, 0.2) is 48.5 Å². The highest BCUT2D eigenvalue weighted by Crippen LogP contribution is 2.13. The molecule has 1 heterocycles. The van der Waals surface area contributed by atoms with E-state index in [-0.39, 0.29) is 11.7 Å². The van der Waals surface area contributed by atoms with Crippen molar-refractivity contribution >= 4 is 5.91 Å². The molecule has 4 nitrogen and oxygen atoms in total. The van der Waals surface area contributed by atoms with E-state index in [1.54, 1.807) is 12.1 Å². The zero-order chi connectivity index (χ0) is 16.9. The number of nitrogens with two attached hydrogens (primary N) is 1. The van der Waals surface area contributed by atoms with E-state index >= 15 is 0 Å².